The van der Waals surface area contributed by atoms with Crippen molar-refractivity contribution in [3.05, 3.63) is 87.6 Å². The lowest BCUT2D eigenvalue weighted by atomic mass is 10.0. The van der Waals surface area contributed by atoms with Crippen LogP contribution >= 0.6 is 11.3 Å². The van der Waals surface area contributed by atoms with E-state index in [4.69, 9.17) is 15.7 Å². The van der Waals surface area contributed by atoms with E-state index in [1.165, 1.54) is 10.2 Å². The van der Waals surface area contributed by atoms with Crippen LogP contribution in [0.1, 0.15) is 46.1 Å². The molecule has 1 amide bonds. The van der Waals surface area contributed by atoms with E-state index in [1.54, 1.807) is 17.6 Å². The van der Waals surface area contributed by atoms with Crippen molar-refractivity contribution in [1.29, 1.82) is 0 Å². The first kappa shape index (κ1) is 21.8. The second-order valence-electron chi connectivity index (χ2n) is 8.28. The van der Waals surface area contributed by atoms with Crippen molar-refractivity contribution >= 4 is 51.5 Å². The van der Waals surface area contributed by atoms with Gasteiger partial charge in [-0.25, -0.2) is 9.97 Å². The van der Waals surface area contributed by atoms with Crippen LogP contribution in [-0.4, -0.2) is 26.8 Å². The summed E-state index contributed by atoms with van der Waals surface area (Å²) in [4.78, 5) is 23.7. The van der Waals surface area contributed by atoms with E-state index >= 15 is 0 Å². The highest BCUT2D eigenvalue weighted by atomic mass is 32.1. The minimum absolute atomic E-state index is 0.198. The third-order valence-corrected chi connectivity index (χ3v) is 6.51. The average Bonchev–Trinajstić information content (AvgIpc) is 3.45. The summed E-state index contributed by atoms with van der Waals surface area (Å²) in [7, 11) is 0. The second-order valence-corrected chi connectivity index (χ2v) is 9.32. The zero-order chi connectivity index (χ0) is 23.7. The lowest BCUT2D eigenvalue weighted by Gasteiger charge is -2.05. The summed E-state index contributed by atoms with van der Waals surface area (Å²) in [6.45, 7) is 4.72. The molecule has 2 aromatic carbocycles. The van der Waals surface area contributed by atoms with Gasteiger partial charge < -0.3 is 11.1 Å². The van der Waals surface area contributed by atoms with Crippen LogP contribution in [0.15, 0.2) is 71.1 Å². The van der Waals surface area contributed by atoms with E-state index in [1.807, 2.05) is 53.9 Å². The summed E-state index contributed by atoms with van der Waals surface area (Å²) >= 11 is 1.58. The molecule has 0 aliphatic heterocycles. The Balaban J connectivity index is 1.58. The smallest absolute Gasteiger partial charge is 0.257 e. The third-order valence-electron chi connectivity index (χ3n) is 5.63. The van der Waals surface area contributed by atoms with Crippen LogP contribution in [0.5, 0.6) is 0 Å². The number of nitrogen functional groups attached to an aromatic ring is 1. The molecule has 0 saturated heterocycles. The Morgan fingerprint density at radius 2 is 1.82 bits per heavy atom. The van der Waals surface area contributed by atoms with Gasteiger partial charge in [-0.2, -0.15) is 9.78 Å². The van der Waals surface area contributed by atoms with Crippen molar-refractivity contribution < 1.29 is 4.79 Å². The molecule has 0 aliphatic carbocycles. The van der Waals surface area contributed by atoms with Crippen molar-refractivity contribution in [3.63, 3.8) is 0 Å². The van der Waals surface area contributed by atoms with E-state index in [2.05, 4.69) is 36.4 Å². The fourth-order valence-corrected chi connectivity index (χ4v) is 4.39. The molecule has 5 rings (SSSR count). The van der Waals surface area contributed by atoms with Crippen molar-refractivity contribution in [2.45, 2.75) is 26.3 Å². The van der Waals surface area contributed by atoms with Crippen LogP contribution < -0.4 is 11.1 Å². The molecule has 0 spiro atoms. The highest BCUT2D eigenvalue weighted by molar-refractivity contribution is 7.09. The molecule has 5 aromatic rings. The molecule has 7 nitrogen and oxygen atoms in total. The van der Waals surface area contributed by atoms with E-state index in [9.17, 15) is 4.79 Å². The Morgan fingerprint density at radius 3 is 2.50 bits per heavy atom. The maximum absolute atomic E-state index is 13.2. The minimum Gasteiger partial charge on any atom is -0.383 e. The molecule has 3 N–H and O–H groups in total. The molecule has 0 fully saturated rings. The van der Waals surface area contributed by atoms with Crippen LogP contribution in [0.3, 0.4) is 0 Å². The van der Waals surface area contributed by atoms with Crippen LogP contribution in [0.2, 0.25) is 0 Å². The predicted octanol–water partition coefficient (Wildman–Crippen LogP) is 5.16. The minimum atomic E-state index is -0.310. The normalized spacial score (nSPS) is 11.7. The van der Waals surface area contributed by atoms with Crippen molar-refractivity contribution in [2.24, 2.45) is 5.10 Å². The van der Waals surface area contributed by atoms with E-state index < -0.39 is 0 Å². The van der Waals surface area contributed by atoms with Crippen molar-refractivity contribution in [2.75, 3.05) is 5.73 Å². The average molecular weight is 469 g/mol. The number of thiophene rings is 1. The summed E-state index contributed by atoms with van der Waals surface area (Å²) in [5.41, 5.74) is 11.2. The molecular weight excluding hydrogens is 444 g/mol. The van der Waals surface area contributed by atoms with Crippen molar-refractivity contribution in [1.82, 2.24) is 20.0 Å². The molecule has 0 atom stereocenters. The Bertz CT molecular complexity index is 1500. The largest absolute Gasteiger partial charge is 0.383 e. The summed E-state index contributed by atoms with van der Waals surface area (Å²) < 4.78 is 1.49. The Hall–Kier alpha value is -4.04. The van der Waals surface area contributed by atoms with E-state index in [0.717, 1.165) is 10.4 Å². The standard InChI is InChI=1S/C26H24N6OS/c1-16(2)18-11-9-17(10-12-18)14-29-32-24(27)22(26(33)28-15-19-6-5-13-34-19)23-25(32)31-21-8-4-3-7-20(21)30-23/h3-14,16H,15,27H2,1-2H3,(H,28,33). The SMILES string of the molecule is CC(C)c1ccc(C=Nn2c(N)c(C(=O)NCc3cccs3)c3nc4ccccc4nc32)cc1. The number of para-hydroxylation sites is 2. The van der Waals surface area contributed by atoms with Gasteiger partial charge in [-0.3, -0.25) is 4.79 Å². The van der Waals surface area contributed by atoms with Gasteiger partial charge in [0.05, 0.1) is 23.8 Å². The number of benzene rings is 2. The van der Waals surface area contributed by atoms with Crippen molar-refractivity contribution in [3.8, 4) is 0 Å². The van der Waals surface area contributed by atoms with Gasteiger partial charge in [0.2, 0.25) is 0 Å². The Labute approximate surface area is 201 Å². The monoisotopic (exact) mass is 468 g/mol. The molecule has 8 heteroatoms. The number of amides is 1. The zero-order valence-electron chi connectivity index (χ0n) is 18.9. The maximum Gasteiger partial charge on any atom is 0.257 e. The maximum atomic E-state index is 13.2. The number of aromatic nitrogens is 3. The number of nitrogens with zero attached hydrogens (tertiary/aromatic N) is 4. The summed E-state index contributed by atoms with van der Waals surface area (Å²) in [5, 5.41) is 9.50. The highest BCUT2D eigenvalue weighted by Gasteiger charge is 2.24. The highest BCUT2D eigenvalue weighted by Crippen LogP contribution is 2.28. The lowest BCUT2D eigenvalue weighted by Crippen LogP contribution is -2.23. The van der Waals surface area contributed by atoms with E-state index in [0.29, 0.717) is 34.7 Å². The first-order chi connectivity index (χ1) is 16.5. The van der Waals surface area contributed by atoms with Crippen LogP contribution in [0, 0.1) is 0 Å². The van der Waals surface area contributed by atoms with Gasteiger partial charge in [-0.1, -0.05) is 56.3 Å². The van der Waals surface area contributed by atoms with Gasteiger partial charge in [0.15, 0.2) is 5.65 Å². The number of hydrogen-bond donors (Lipinski definition) is 2. The zero-order valence-corrected chi connectivity index (χ0v) is 19.7. The fraction of sp³-hybridized carbons (Fsp3) is 0.154. The molecule has 0 bridgehead atoms. The van der Waals surface area contributed by atoms with Gasteiger partial charge in [0, 0.05) is 4.88 Å². The molecule has 0 saturated carbocycles. The number of hydrogen-bond acceptors (Lipinski definition) is 6. The Kier molecular flexibility index (Phi) is 5.81. The second kappa shape index (κ2) is 9.07. The molecule has 3 heterocycles. The summed E-state index contributed by atoms with van der Waals surface area (Å²) in [6, 6.07) is 19.6. The van der Waals surface area contributed by atoms with Gasteiger partial charge in [0.25, 0.3) is 5.91 Å². The van der Waals surface area contributed by atoms with Crippen LogP contribution in [-0.2, 0) is 6.54 Å². The number of nitrogens with two attached hydrogens (primary N) is 1. The number of carbonyl (C=O) groups excluding carboxylic acids is 1. The number of anilines is 1. The van der Waals surface area contributed by atoms with Gasteiger partial charge in [-0.15, -0.1) is 11.3 Å². The van der Waals surface area contributed by atoms with Crippen LogP contribution in [0.4, 0.5) is 5.82 Å². The fourth-order valence-electron chi connectivity index (χ4n) is 3.75. The lowest BCUT2D eigenvalue weighted by molar-refractivity contribution is 0.0953. The summed E-state index contributed by atoms with van der Waals surface area (Å²) in [6.07, 6.45) is 1.71. The number of nitrogens with one attached hydrogen (secondary N) is 1. The molecular formula is C26H24N6OS. The van der Waals surface area contributed by atoms with Crippen LogP contribution in [0.25, 0.3) is 22.2 Å². The number of carbonyl (C=O) groups is 1. The molecule has 0 aliphatic rings. The Morgan fingerprint density at radius 1 is 1.09 bits per heavy atom. The van der Waals surface area contributed by atoms with Gasteiger partial charge in [0.1, 0.15) is 16.9 Å². The molecule has 0 radical (unpaired) electrons. The quantitative estimate of drug-likeness (QED) is 0.336. The van der Waals surface area contributed by atoms with E-state index in [-0.39, 0.29) is 17.3 Å². The van der Waals surface area contributed by atoms with Gasteiger partial charge >= 0.3 is 0 Å². The number of rotatable bonds is 6. The molecule has 34 heavy (non-hydrogen) atoms. The summed E-state index contributed by atoms with van der Waals surface area (Å²) in [5.74, 6) is 0.341. The molecule has 0 unspecified atom stereocenters. The number of fused-ring (bicyclic) bond motifs is 2. The first-order valence-corrected chi connectivity index (χ1v) is 11.9. The topological polar surface area (TPSA) is 98.2 Å². The van der Waals surface area contributed by atoms with Gasteiger partial charge in [-0.05, 0) is 40.6 Å². The third kappa shape index (κ3) is 4.15. The first-order valence-electron chi connectivity index (χ1n) is 11.0. The molecule has 3 aromatic heterocycles. The predicted molar refractivity (Wildman–Crippen MR) is 138 cm³/mol. The molecule has 170 valence electrons.